The molecular weight excluding hydrogens is 292 g/mol. The number of hydrogen-bond donors (Lipinski definition) is 0. The van der Waals surface area contributed by atoms with Crippen LogP contribution in [0.25, 0.3) is 16.7 Å². The number of rotatable bonds is 3. The van der Waals surface area contributed by atoms with E-state index in [1.165, 1.54) is 24.0 Å². The van der Waals surface area contributed by atoms with Crippen molar-refractivity contribution in [2.45, 2.75) is 13.5 Å². The van der Waals surface area contributed by atoms with Gasteiger partial charge in [0, 0.05) is 5.02 Å². The molecule has 0 saturated heterocycles. The van der Waals surface area contributed by atoms with E-state index in [0.29, 0.717) is 21.7 Å². The van der Waals surface area contributed by atoms with Crippen molar-refractivity contribution in [1.82, 2.24) is 19.3 Å². The summed E-state index contributed by atoms with van der Waals surface area (Å²) < 4.78 is 2.81. The fraction of sp³-hybridized carbons (Fsp3) is 0.143. The first kappa shape index (κ1) is 13.5. The average Bonchev–Trinajstić information content (AvgIpc) is 2.86. The lowest BCUT2D eigenvalue weighted by molar-refractivity contribution is -0.117. The highest BCUT2D eigenvalue weighted by atomic mass is 35.5. The Labute approximate surface area is 124 Å². The Balaban J connectivity index is 2.18. The van der Waals surface area contributed by atoms with Crippen LogP contribution >= 0.6 is 11.6 Å². The molecule has 0 bridgehead atoms. The van der Waals surface area contributed by atoms with Gasteiger partial charge >= 0.3 is 0 Å². The molecule has 1 aromatic carbocycles. The van der Waals surface area contributed by atoms with E-state index in [4.69, 9.17) is 11.6 Å². The number of halogens is 1. The number of aromatic nitrogens is 4. The predicted molar refractivity (Wildman–Crippen MR) is 78.8 cm³/mol. The first-order chi connectivity index (χ1) is 10.1. The standard InChI is InChI=1S/C14H11ClN4O2/c1-9(20)7-18-8-16-13-12(14(18)21)6-17-19(13)11-4-2-3-10(15)5-11/h2-6,8H,7H2,1H3. The molecule has 0 spiro atoms. The van der Waals surface area contributed by atoms with Crippen LogP contribution in [0.2, 0.25) is 5.02 Å². The van der Waals surface area contributed by atoms with E-state index in [-0.39, 0.29) is 17.9 Å². The van der Waals surface area contributed by atoms with Crippen LogP contribution in [0, 0.1) is 0 Å². The summed E-state index contributed by atoms with van der Waals surface area (Å²) in [7, 11) is 0. The van der Waals surface area contributed by atoms with Gasteiger partial charge in [-0.05, 0) is 25.1 Å². The summed E-state index contributed by atoms with van der Waals surface area (Å²) >= 11 is 5.96. The number of ketones is 1. The lowest BCUT2D eigenvalue weighted by Crippen LogP contribution is -2.23. The van der Waals surface area contributed by atoms with Gasteiger partial charge in [-0.25, -0.2) is 9.67 Å². The fourth-order valence-electron chi connectivity index (χ4n) is 2.10. The number of hydrogen-bond acceptors (Lipinski definition) is 4. The molecule has 7 heteroatoms. The van der Waals surface area contributed by atoms with Crippen molar-refractivity contribution < 1.29 is 4.79 Å². The number of carbonyl (C=O) groups excluding carboxylic acids is 1. The Morgan fingerprint density at radius 2 is 2.19 bits per heavy atom. The molecule has 0 unspecified atom stereocenters. The molecule has 0 radical (unpaired) electrons. The Hall–Kier alpha value is -2.47. The number of Topliss-reactive ketones (excluding diaryl/α,β-unsaturated/α-hetero) is 1. The van der Waals surface area contributed by atoms with Crippen molar-refractivity contribution in [2.24, 2.45) is 0 Å². The Morgan fingerprint density at radius 1 is 1.38 bits per heavy atom. The monoisotopic (exact) mass is 302 g/mol. The number of benzene rings is 1. The zero-order valence-electron chi connectivity index (χ0n) is 11.2. The molecule has 21 heavy (non-hydrogen) atoms. The van der Waals surface area contributed by atoms with Crippen molar-refractivity contribution in [3.05, 3.63) is 52.2 Å². The van der Waals surface area contributed by atoms with Crippen molar-refractivity contribution in [1.29, 1.82) is 0 Å². The van der Waals surface area contributed by atoms with Crippen LogP contribution in [0.15, 0.2) is 41.6 Å². The highest BCUT2D eigenvalue weighted by Gasteiger charge is 2.12. The lowest BCUT2D eigenvalue weighted by Gasteiger charge is -2.05. The molecule has 0 aliphatic heterocycles. The van der Waals surface area contributed by atoms with E-state index >= 15 is 0 Å². The number of nitrogens with zero attached hydrogens (tertiary/aromatic N) is 4. The second-order valence-electron chi connectivity index (χ2n) is 4.65. The Morgan fingerprint density at radius 3 is 2.90 bits per heavy atom. The van der Waals surface area contributed by atoms with Gasteiger partial charge in [0.05, 0.1) is 18.4 Å². The second-order valence-corrected chi connectivity index (χ2v) is 5.09. The summed E-state index contributed by atoms with van der Waals surface area (Å²) in [6.07, 6.45) is 2.80. The van der Waals surface area contributed by atoms with Crippen LogP contribution in [0.4, 0.5) is 0 Å². The minimum absolute atomic E-state index is 0.00409. The van der Waals surface area contributed by atoms with Gasteiger partial charge in [-0.15, -0.1) is 0 Å². The number of fused-ring (bicyclic) bond motifs is 1. The molecule has 2 heterocycles. The van der Waals surface area contributed by atoms with Crippen molar-refractivity contribution in [2.75, 3.05) is 0 Å². The summed E-state index contributed by atoms with van der Waals surface area (Å²) in [5.41, 5.74) is 0.860. The predicted octanol–water partition coefficient (Wildman–Crippen LogP) is 1.82. The van der Waals surface area contributed by atoms with E-state index in [1.807, 2.05) is 6.07 Å². The highest BCUT2D eigenvalue weighted by molar-refractivity contribution is 6.30. The molecule has 0 N–H and O–H groups in total. The SMILES string of the molecule is CC(=O)Cn1cnc2c(cnn2-c2cccc(Cl)c2)c1=O. The Bertz CT molecular complexity index is 897. The van der Waals surface area contributed by atoms with E-state index in [2.05, 4.69) is 10.1 Å². The smallest absolute Gasteiger partial charge is 0.264 e. The summed E-state index contributed by atoms with van der Waals surface area (Å²) in [6.45, 7) is 1.43. The molecule has 0 aliphatic carbocycles. The van der Waals surface area contributed by atoms with E-state index in [1.54, 1.807) is 22.9 Å². The molecule has 6 nitrogen and oxygen atoms in total. The van der Waals surface area contributed by atoms with Gasteiger partial charge in [0.25, 0.3) is 5.56 Å². The second kappa shape index (κ2) is 5.14. The third-order valence-corrected chi connectivity index (χ3v) is 3.24. The molecule has 0 saturated carbocycles. The van der Waals surface area contributed by atoms with Gasteiger partial charge < -0.3 is 0 Å². The van der Waals surface area contributed by atoms with Crippen LogP contribution in [-0.4, -0.2) is 25.1 Å². The maximum Gasteiger partial charge on any atom is 0.264 e. The third-order valence-electron chi connectivity index (χ3n) is 3.00. The van der Waals surface area contributed by atoms with Crippen LogP contribution in [-0.2, 0) is 11.3 Å². The van der Waals surface area contributed by atoms with Crippen molar-refractivity contribution >= 4 is 28.4 Å². The minimum atomic E-state index is -0.288. The normalized spacial score (nSPS) is 11.0. The topological polar surface area (TPSA) is 69.8 Å². The molecule has 0 aliphatic rings. The number of carbonyl (C=O) groups is 1. The van der Waals surface area contributed by atoms with Crippen LogP contribution < -0.4 is 5.56 Å². The summed E-state index contributed by atoms with van der Waals surface area (Å²) in [6, 6.07) is 7.10. The quantitative estimate of drug-likeness (QED) is 0.740. The first-order valence-electron chi connectivity index (χ1n) is 6.25. The molecular formula is C14H11ClN4O2. The van der Waals surface area contributed by atoms with Crippen LogP contribution in [0.3, 0.4) is 0 Å². The Kier molecular flexibility index (Phi) is 3.31. The van der Waals surface area contributed by atoms with E-state index < -0.39 is 0 Å². The zero-order valence-corrected chi connectivity index (χ0v) is 11.9. The summed E-state index contributed by atoms with van der Waals surface area (Å²) in [5.74, 6) is -0.111. The van der Waals surface area contributed by atoms with E-state index in [9.17, 15) is 9.59 Å². The highest BCUT2D eigenvalue weighted by Crippen LogP contribution is 2.17. The molecule has 2 aromatic heterocycles. The molecule has 0 amide bonds. The van der Waals surface area contributed by atoms with Crippen molar-refractivity contribution in [3.63, 3.8) is 0 Å². The lowest BCUT2D eigenvalue weighted by atomic mass is 10.3. The van der Waals surface area contributed by atoms with Gasteiger partial charge in [-0.1, -0.05) is 17.7 Å². The zero-order chi connectivity index (χ0) is 15.0. The largest absolute Gasteiger partial charge is 0.298 e. The van der Waals surface area contributed by atoms with Gasteiger partial charge in [0.1, 0.15) is 17.5 Å². The first-order valence-corrected chi connectivity index (χ1v) is 6.62. The minimum Gasteiger partial charge on any atom is -0.298 e. The molecule has 0 atom stereocenters. The van der Waals surface area contributed by atoms with E-state index in [0.717, 1.165) is 0 Å². The molecule has 0 fully saturated rings. The average molecular weight is 303 g/mol. The maximum atomic E-state index is 12.3. The van der Waals surface area contributed by atoms with Gasteiger partial charge in [0.2, 0.25) is 0 Å². The van der Waals surface area contributed by atoms with Gasteiger partial charge in [0.15, 0.2) is 5.65 Å². The van der Waals surface area contributed by atoms with Crippen molar-refractivity contribution in [3.8, 4) is 5.69 Å². The maximum absolute atomic E-state index is 12.3. The van der Waals surface area contributed by atoms with Crippen LogP contribution in [0.1, 0.15) is 6.92 Å². The fourth-order valence-corrected chi connectivity index (χ4v) is 2.28. The van der Waals surface area contributed by atoms with Gasteiger partial charge in [-0.2, -0.15) is 5.10 Å². The molecule has 3 rings (SSSR count). The molecule has 106 valence electrons. The third kappa shape index (κ3) is 2.45. The summed E-state index contributed by atoms with van der Waals surface area (Å²) in [4.78, 5) is 27.6. The van der Waals surface area contributed by atoms with Crippen LogP contribution in [0.5, 0.6) is 0 Å². The summed E-state index contributed by atoms with van der Waals surface area (Å²) in [5, 5.41) is 5.12. The van der Waals surface area contributed by atoms with Gasteiger partial charge in [-0.3, -0.25) is 14.2 Å². The molecule has 3 aromatic rings.